The van der Waals surface area contributed by atoms with Crippen LogP contribution in [0.15, 0.2) is 24.4 Å². The number of halogens is 1. The first-order valence-electron chi connectivity index (χ1n) is 4.57. The molecule has 0 radical (unpaired) electrons. The van der Waals surface area contributed by atoms with Gasteiger partial charge < -0.3 is 10.1 Å². The lowest BCUT2D eigenvalue weighted by atomic mass is 10.1. The predicted octanol–water partition coefficient (Wildman–Crippen LogP) is 2.94. The lowest BCUT2D eigenvalue weighted by Gasteiger charge is -2.10. The molecule has 0 aliphatic heterocycles. The van der Waals surface area contributed by atoms with E-state index in [0.29, 0.717) is 5.02 Å². The van der Waals surface area contributed by atoms with Crippen LogP contribution in [-0.2, 0) is 0 Å². The summed E-state index contributed by atoms with van der Waals surface area (Å²) in [5.41, 5.74) is 1.71. The monoisotopic (exact) mass is 222 g/mol. The van der Waals surface area contributed by atoms with Gasteiger partial charge in [-0.25, -0.2) is 0 Å². The van der Waals surface area contributed by atoms with Gasteiger partial charge in [0.2, 0.25) is 0 Å². The zero-order valence-corrected chi connectivity index (χ0v) is 9.30. The van der Waals surface area contributed by atoms with Crippen molar-refractivity contribution in [1.29, 1.82) is 0 Å². The van der Waals surface area contributed by atoms with E-state index < -0.39 is 0 Å². The van der Waals surface area contributed by atoms with Crippen molar-refractivity contribution in [3.63, 3.8) is 0 Å². The Morgan fingerprint density at radius 2 is 2.13 bits per heavy atom. The first-order valence-corrected chi connectivity index (χ1v) is 4.94. The Kier molecular flexibility index (Phi) is 2.64. The van der Waals surface area contributed by atoms with E-state index in [1.807, 2.05) is 19.2 Å². The van der Waals surface area contributed by atoms with E-state index in [1.165, 1.54) is 0 Å². The van der Waals surface area contributed by atoms with Crippen LogP contribution >= 0.6 is 11.6 Å². The number of methoxy groups -OCH3 is 1. The second-order valence-electron chi connectivity index (χ2n) is 3.08. The van der Waals surface area contributed by atoms with E-state index >= 15 is 0 Å². The number of rotatable bonds is 2. The minimum atomic E-state index is 0.628. The molecule has 1 N–H and O–H groups in total. The summed E-state index contributed by atoms with van der Waals surface area (Å²) in [6.45, 7) is 0. The molecule has 0 fully saturated rings. The number of nitrogens with zero attached hydrogens (tertiary/aromatic N) is 1. The SMILES string of the molecule is CNc1ccnc2c(Cl)ccc(OC)c12. The van der Waals surface area contributed by atoms with Crippen molar-refractivity contribution in [2.24, 2.45) is 0 Å². The fraction of sp³-hybridized carbons (Fsp3) is 0.182. The normalized spacial score (nSPS) is 10.3. The van der Waals surface area contributed by atoms with Crippen molar-refractivity contribution in [2.75, 3.05) is 19.5 Å². The molecular formula is C11H11ClN2O. The number of ether oxygens (including phenoxy) is 1. The molecule has 0 bridgehead atoms. The van der Waals surface area contributed by atoms with Crippen molar-refractivity contribution in [2.45, 2.75) is 0 Å². The van der Waals surface area contributed by atoms with Crippen molar-refractivity contribution < 1.29 is 4.74 Å². The summed E-state index contributed by atoms with van der Waals surface area (Å²) in [5, 5.41) is 4.63. The number of anilines is 1. The van der Waals surface area contributed by atoms with Gasteiger partial charge in [-0.2, -0.15) is 0 Å². The number of hydrogen-bond acceptors (Lipinski definition) is 3. The molecule has 0 aliphatic carbocycles. The molecule has 15 heavy (non-hydrogen) atoms. The third-order valence-electron chi connectivity index (χ3n) is 2.29. The molecule has 1 heterocycles. The standard InChI is InChI=1S/C11H11ClN2O/c1-13-8-5-6-14-11-7(12)3-4-9(15-2)10(8)11/h3-6H,1-2H3,(H,13,14). The molecule has 78 valence electrons. The summed E-state index contributed by atoms with van der Waals surface area (Å²) in [4.78, 5) is 4.25. The Morgan fingerprint density at radius 3 is 2.80 bits per heavy atom. The molecule has 0 saturated carbocycles. The Hall–Kier alpha value is -1.48. The summed E-state index contributed by atoms with van der Waals surface area (Å²) in [7, 11) is 3.49. The van der Waals surface area contributed by atoms with Crippen molar-refractivity contribution >= 4 is 28.2 Å². The summed E-state index contributed by atoms with van der Waals surface area (Å²) in [6, 6.07) is 5.52. The number of hydrogen-bond donors (Lipinski definition) is 1. The maximum atomic E-state index is 6.07. The molecular weight excluding hydrogens is 212 g/mol. The van der Waals surface area contributed by atoms with Crippen LogP contribution in [0.3, 0.4) is 0 Å². The van der Waals surface area contributed by atoms with Gasteiger partial charge in [-0.3, -0.25) is 4.98 Å². The third kappa shape index (κ3) is 1.59. The van der Waals surface area contributed by atoms with E-state index in [4.69, 9.17) is 16.3 Å². The first kappa shape index (κ1) is 10.1. The molecule has 2 aromatic rings. The molecule has 1 aromatic heterocycles. The fourth-order valence-corrected chi connectivity index (χ4v) is 1.79. The van der Waals surface area contributed by atoms with Crippen LogP contribution in [0.5, 0.6) is 5.75 Å². The van der Waals surface area contributed by atoms with Gasteiger partial charge in [-0.05, 0) is 18.2 Å². The van der Waals surface area contributed by atoms with Crippen LogP contribution in [0, 0.1) is 0 Å². The molecule has 1 aromatic carbocycles. The minimum absolute atomic E-state index is 0.628. The van der Waals surface area contributed by atoms with Gasteiger partial charge in [0, 0.05) is 18.9 Å². The predicted molar refractivity (Wildman–Crippen MR) is 62.9 cm³/mol. The quantitative estimate of drug-likeness (QED) is 0.849. The van der Waals surface area contributed by atoms with Crippen molar-refractivity contribution in [3.05, 3.63) is 29.4 Å². The summed E-state index contributed by atoms with van der Waals surface area (Å²) >= 11 is 6.07. The van der Waals surface area contributed by atoms with Crippen molar-refractivity contribution in [1.82, 2.24) is 4.98 Å². The molecule has 3 nitrogen and oxygen atoms in total. The molecule has 0 atom stereocenters. The summed E-state index contributed by atoms with van der Waals surface area (Å²) in [5.74, 6) is 0.770. The van der Waals surface area contributed by atoms with Crippen LogP contribution in [0.1, 0.15) is 0 Å². The van der Waals surface area contributed by atoms with E-state index in [1.54, 1.807) is 19.4 Å². The second kappa shape index (κ2) is 3.95. The maximum absolute atomic E-state index is 6.07. The molecule has 0 spiro atoms. The number of pyridine rings is 1. The highest BCUT2D eigenvalue weighted by Crippen LogP contribution is 2.34. The second-order valence-corrected chi connectivity index (χ2v) is 3.49. The number of fused-ring (bicyclic) bond motifs is 1. The van der Waals surface area contributed by atoms with Gasteiger partial charge in [-0.1, -0.05) is 11.6 Å². The maximum Gasteiger partial charge on any atom is 0.130 e. The smallest absolute Gasteiger partial charge is 0.130 e. The molecule has 0 amide bonds. The van der Waals surface area contributed by atoms with E-state index in [9.17, 15) is 0 Å². The Bertz CT molecular complexity index is 489. The van der Waals surface area contributed by atoms with Gasteiger partial charge in [0.25, 0.3) is 0 Å². The van der Waals surface area contributed by atoms with E-state index in [0.717, 1.165) is 22.3 Å². The molecule has 0 saturated heterocycles. The summed E-state index contributed by atoms with van der Waals surface area (Å²) < 4.78 is 5.29. The Labute approximate surface area is 93.0 Å². The lowest BCUT2D eigenvalue weighted by molar-refractivity contribution is 0.420. The highest BCUT2D eigenvalue weighted by atomic mass is 35.5. The van der Waals surface area contributed by atoms with Crippen LogP contribution < -0.4 is 10.1 Å². The highest BCUT2D eigenvalue weighted by Gasteiger charge is 2.09. The Morgan fingerprint density at radius 1 is 1.33 bits per heavy atom. The number of nitrogens with one attached hydrogen (secondary N) is 1. The van der Waals surface area contributed by atoms with E-state index in [-0.39, 0.29) is 0 Å². The third-order valence-corrected chi connectivity index (χ3v) is 2.60. The zero-order chi connectivity index (χ0) is 10.8. The number of aromatic nitrogens is 1. The largest absolute Gasteiger partial charge is 0.496 e. The minimum Gasteiger partial charge on any atom is -0.496 e. The van der Waals surface area contributed by atoms with Crippen LogP contribution in [0.2, 0.25) is 5.02 Å². The zero-order valence-electron chi connectivity index (χ0n) is 8.54. The van der Waals surface area contributed by atoms with Gasteiger partial charge in [0.15, 0.2) is 0 Å². The number of benzene rings is 1. The first-order chi connectivity index (χ1) is 7.27. The lowest BCUT2D eigenvalue weighted by Crippen LogP contribution is -1.94. The van der Waals surface area contributed by atoms with Gasteiger partial charge >= 0.3 is 0 Å². The van der Waals surface area contributed by atoms with Gasteiger partial charge in [-0.15, -0.1) is 0 Å². The molecule has 0 aliphatic rings. The van der Waals surface area contributed by atoms with Crippen LogP contribution in [0.4, 0.5) is 5.69 Å². The van der Waals surface area contributed by atoms with Gasteiger partial charge in [0.1, 0.15) is 5.75 Å². The molecule has 0 unspecified atom stereocenters. The van der Waals surface area contributed by atoms with Crippen molar-refractivity contribution in [3.8, 4) is 5.75 Å². The Balaban J connectivity index is 2.87. The molecule has 2 rings (SSSR count). The van der Waals surface area contributed by atoms with Crippen LogP contribution in [0.25, 0.3) is 10.9 Å². The molecule has 4 heteroatoms. The van der Waals surface area contributed by atoms with Gasteiger partial charge in [0.05, 0.1) is 23.0 Å². The average Bonchev–Trinajstić information content (AvgIpc) is 2.29. The highest BCUT2D eigenvalue weighted by molar-refractivity contribution is 6.35. The van der Waals surface area contributed by atoms with E-state index in [2.05, 4.69) is 10.3 Å². The topological polar surface area (TPSA) is 34.2 Å². The van der Waals surface area contributed by atoms with Crippen LogP contribution in [-0.4, -0.2) is 19.1 Å². The average molecular weight is 223 g/mol. The summed E-state index contributed by atoms with van der Waals surface area (Å²) in [6.07, 6.45) is 1.72. The fourth-order valence-electron chi connectivity index (χ4n) is 1.58.